The molecule has 1 N–H and O–H groups in total. The summed E-state index contributed by atoms with van der Waals surface area (Å²) in [5, 5.41) is 4.28. The number of aromatic nitrogens is 1. The van der Waals surface area contributed by atoms with E-state index in [1.807, 2.05) is 6.07 Å². The van der Waals surface area contributed by atoms with Crippen molar-refractivity contribution in [3.63, 3.8) is 0 Å². The Kier molecular flexibility index (Phi) is 5.32. The van der Waals surface area contributed by atoms with E-state index < -0.39 is 0 Å². The molecule has 1 unspecified atom stereocenters. The van der Waals surface area contributed by atoms with Gasteiger partial charge in [-0.3, -0.25) is 0 Å². The summed E-state index contributed by atoms with van der Waals surface area (Å²) in [5.41, 5.74) is 0.182. The summed E-state index contributed by atoms with van der Waals surface area (Å²) in [6, 6.07) is 1.92. The first-order valence-electron chi connectivity index (χ1n) is 7.16. The maximum atomic E-state index is 5.96. The SMILES string of the molecule is CC(C)(C)NCC1CCCN(c2ncc(Cl)cc2Br)C1. The van der Waals surface area contributed by atoms with E-state index in [1.54, 1.807) is 6.20 Å². The van der Waals surface area contributed by atoms with Crippen molar-refractivity contribution in [1.29, 1.82) is 0 Å². The monoisotopic (exact) mass is 359 g/mol. The van der Waals surface area contributed by atoms with Crippen LogP contribution in [0, 0.1) is 5.92 Å². The van der Waals surface area contributed by atoms with E-state index in [-0.39, 0.29) is 5.54 Å². The van der Waals surface area contributed by atoms with Crippen molar-refractivity contribution in [3.8, 4) is 0 Å². The number of anilines is 1. The predicted molar refractivity (Wildman–Crippen MR) is 89.6 cm³/mol. The predicted octanol–water partition coefficient (Wildman–Crippen LogP) is 4.10. The fraction of sp³-hybridized carbons (Fsp3) is 0.667. The van der Waals surface area contributed by atoms with Gasteiger partial charge in [-0.25, -0.2) is 4.98 Å². The molecule has 0 saturated carbocycles. The second-order valence-electron chi connectivity index (χ2n) is 6.54. The van der Waals surface area contributed by atoms with Crippen molar-refractivity contribution in [3.05, 3.63) is 21.8 Å². The molecule has 0 bridgehead atoms. The number of rotatable bonds is 3. The van der Waals surface area contributed by atoms with Crippen LogP contribution in [-0.4, -0.2) is 30.2 Å². The first kappa shape index (κ1) is 16.1. The van der Waals surface area contributed by atoms with Gasteiger partial charge in [0.25, 0.3) is 0 Å². The molecule has 3 nitrogen and oxygen atoms in total. The van der Waals surface area contributed by atoms with Crippen LogP contribution in [0.2, 0.25) is 5.02 Å². The van der Waals surface area contributed by atoms with Gasteiger partial charge in [-0.1, -0.05) is 11.6 Å². The third-order valence-electron chi connectivity index (χ3n) is 3.53. The zero-order valence-corrected chi connectivity index (χ0v) is 14.8. The maximum absolute atomic E-state index is 5.96. The molecule has 0 aromatic carbocycles. The van der Waals surface area contributed by atoms with Crippen LogP contribution in [0.25, 0.3) is 0 Å². The molecule has 1 saturated heterocycles. The molecule has 20 heavy (non-hydrogen) atoms. The number of nitrogens with zero attached hydrogens (tertiary/aromatic N) is 2. The van der Waals surface area contributed by atoms with Gasteiger partial charge in [-0.15, -0.1) is 0 Å². The van der Waals surface area contributed by atoms with Crippen molar-refractivity contribution >= 4 is 33.3 Å². The molecular formula is C15H23BrClN3. The number of pyridine rings is 1. The van der Waals surface area contributed by atoms with Gasteiger partial charge >= 0.3 is 0 Å². The fourth-order valence-electron chi connectivity index (χ4n) is 2.51. The highest BCUT2D eigenvalue weighted by Crippen LogP contribution is 2.29. The van der Waals surface area contributed by atoms with Crippen LogP contribution in [0.5, 0.6) is 0 Å². The topological polar surface area (TPSA) is 28.2 Å². The summed E-state index contributed by atoms with van der Waals surface area (Å²) < 4.78 is 0.981. The number of nitrogens with one attached hydrogen (secondary N) is 1. The normalized spacial score (nSPS) is 20.2. The highest BCUT2D eigenvalue weighted by Gasteiger charge is 2.23. The quantitative estimate of drug-likeness (QED) is 0.879. The summed E-state index contributed by atoms with van der Waals surface area (Å²) in [5.74, 6) is 1.68. The molecule has 1 aromatic heterocycles. The molecule has 0 spiro atoms. The van der Waals surface area contributed by atoms with Gasteiger partial charge in [0.05, 0.1) is 9.50 Å². The van der Waals surface area contributed by atoms with Crippen LogP contribution in [0.1, 0.15) is 33.6 Å². The Balaban J connectivity index is 1.99. The van der Waals surface area contributed by atoms with Gasteiger partial charge in [-0.05, 0) is 61.5 Å². The minimum absolute atomic E-state index is 0.182. The molecule has 1 fully saturated rings. The molecule has 1 aliphatic rings. The first-order valence-corrected chi connectivity index (χ1v) is 8.33. The van der Waals surface area contributed by atoms with Crippen molar-refractivity contribution < 1.29 is 0 Å². The van der Waals surface area contributed by atoms with Crippen LogP contribution in [0.15, 0.2) is 16.7 Å². The average Bonchev–Trinajstić information content (AvgIpc) is 2.36. The summed E-state index contributed by atoms with van der Waals surface area (Å²) in [7, 11) is 0. The highest BCUT2D eigenvalue weighted by molar-refractivity contribution is 9.10. The van der Waals surface area contributed by atoms with E-state index in [4.69, 9.17) is 11.6 Å². The molecule has 2 rings (SSSR count). The third-order valence-corrected chi connectivity index (χ3v) is 4.32. The number of piperidine rings is 1. The van der Waals surface area contributed by atoms with Crippen molar-refractivity contribution in [2.45, 2.75) is 39.2 Å². The smallest absolute Gasteiger partial charge is 0.142 e. The first-order chi connectivity index (χ1) is 9.35. The molecular weight excluding hydrogens is 338 g/mol. The van der Waals surface area contributed by atoms with Crippen molar-refractivity contribution in [2.24, 2.45) is 5.92 Å². The van der Waals surface area contributed by atoms with Crippen LogP contribution in [-0.2, 0) is 0 Å². The van der Waals surface area contributed by atoms with Crippen LogP contribution >= 0.6 is 27.5 Å². The third kappa shape index (κ3) is 4.61. The van der Waals surface area contributed by atoms with E-state index in [0.717, 1.165) is 29.9 Å². The fourth-order valence-corrected chi connectivity index (χ4v) is 3.40. The zero-order valence-electron chi connectivity index (χ0n) is 12.4. The molecule has 1 aliphatic heterocycles. The maximum Gasteiger partial charge on any atom is 0.142 e. The molecule has 0 aliphatic carbocycles. The lowest BCUT2D eigenvalue weighted by Crippen LogP contribution is -2.45. The van der Waals surface area contributed by atoms with Gasteiger partial charge < -0.3 is 10.2 Å². The average molecular weight is 361 g/mol. The Labute approximate surface area is 135 Å². The largest absolute Gasteiger partial charge is 0.355 e. The minimum Gasteiger partial charge on any atom is -0.355 e. The number of hydrogen-bond donors (Lipinski definition) is 1. The van der Waals surface area contributed by atoms with Gasteiger partial charge in [0.2, 0.25) is 0 Å². The van der Waals surface area contributed by atoms with Gasteiger partial charge in [0, 0.05) is 31.4 Å². The Hall–Kier alpha value is -0.320. The summed E-state index contributed by atoms with van der Waals surface area (Å²) in [6.45, 7) is 9.82. The molecule has 112 valence electrons. The lowest BCUT2D eigenvalue weighted by Gasteiger charge is -2.35. The van der Waals surface area contributed by atoms with E-state index in [9.17, 15) is 0 Å². The van der Waals surface area contributed by atoms with Crippen LogP contribution < -0.4 is 10.2 Å². The van der Waals surface area contributed by atoms with E-state index >= 15 is 0 Å². The lowest BCUT2D eigenvalue weighted by atomic mass is 9.96. The molecule has 0 amide bonds. The molecule has 0 radical (unpaired) electrons. The van der Waals surface area contributed by atoms with Gasteiger partial charge in [0.1, 0.15) is 5.82 Å². The molecule has 1 atom stereocenters. The summed E-state index contributed by atoms with van der Waals surface area (Å²) in [6.07, 6.45) is 4.22. The minimum atomic E-state index is 0.182. The van der Waals surface area contributed by atoms with E-state index in [0.29, 0.717) is 10.9 Å². The number of hydrogen-bond acceptors (Lipinski definition) is 3. The van der Waals surface area contributed by atoms with Crippen molar-refractivity contribution in [2.75, 3.05) is 24.5 Å². The van der Waals surface area contributed by atoms with E-state index in [2.05, 4.69) is 51.9 Å². The standard InChI is InChI=1S/C15H23BrClN3/c1-15(2,3)19-8-11-5-4-6-20(10-11)14-13(16)7-12(17)9-18-14/h7,9,11,19H,4-6,8,10H2,1-3H3. The van der Waals surface area contributed by atoms with E-state index in [1.165, 1.54) is 12.8 Å². The summed E-state index contributed by atoms with van der Waals surface area (Å²) in [4.78, 5) is 6.83. The van der Waals surface area contributed by atoms with Crippen LogP contribution in [0.4, 0.5) is 5.82 Å². The van der Waals surface area contributed by atoms with Crippen molar-refractivity contribution in [1.82, 2.24) is 10.3 Å². The highest BCUT2D eigenvalue weighted by atomic mass is 79.9. The molecule has 5 heteroatoms. The van der Waals surface area contributed by atoms with Gasteiger partial charge in [-0.2, -0.15) is 0 Å². The second-order valence-corrected chi connectivity index (χ2v) is 7.83. The second kappa shape index (κ2) is 6.63. The summed E-state index contributed by atoms with van der Waals surface area (Å²) >= 11 is 9.53. The van der Waals surface area contributed by atoms with Gasteiger partial charge in [0.15, 0.2) is 0 Å². The molecule has 2 heterocycles. The van der Waals surface area contributed by atoms with Crippen LogP contribution in [0.3, 0.4) is 0 Å². The Bertz CT molecular complexity index is 459. The zero-order chi connectivity index (χ0) is 14.8. The Morgan fingerprint density at radius 3 is 2.90 bits per heavy atom. The molecule has 1 aromatic rings. The lowest BCUT2D eigenvalue weighted by molar-refractivity contribution is 0.335. The number of halogens is 2. The Morgan fingerprint density at radius 1 is 1.50 bits per heavy atom. The Morgan fingerprint density at radius 2 is 2.25 bits per heavy atom.